The van der Waals surface area contributed by atoms with E-state index in [0.29, 0.717) is 0 Å². The van der Waals surface area contributed by atoms with Gasteiger partial charge in [0.25, 0.3) is 0 Å². The van der Waals surface area contributed by atoms with Crippen LogP contribution in [-0.2, 0) is 0 Å². The summed E-state index contributed by atoms with van der Waals surface area (Å²) in [4.78, 5) is 0. The Labute approximate surface area is 74.1 Å². The van der Waals surface area contributed by atoms with E-state index in [2.05, 4.69) is 31.4 Å². The van der Waals surface area contributed by atoms with Crippen molar-refractivity contribution >= 4 is 0 Å². The molecule has 66 valence electrons. The first-order chi connectivity index (χ1) is 5.22. The van der Waals surface area contributed by atoms with Crippen LogP contribution in [0.1, 0.15) is 19.8 Å². The summed E-state index contributed by atoms with van der Waals surface area (Å²) in [7, 11) is 0. The average Bonchev–Trinajstić information content (AvgIpc) is 2.05. The van der Waals surface area contributed by atoms with Gasteiger partial charge in [0.05, 0.1) is 0 Å². The third-order valence-electron chi connectivity index (χ3n) is 1.86. The maximum Gasteiger partial charge on any atom is -0.0231 e. The van der Waals surface area contributed by atoms with Crippen LogP contribution in [0.2, 0.25) is 0 Å². The summed E-state index contributed by atoms with van der Waals surface area (Å²) < 4.78 is 0. The van der Waals surface area contributed by atoms with Gasteiger partial charge < -0.3 is 5.48 Å². The standard InChI is InChI=1S/C11H14.H2O/c1-9(2)10(3)11-7-5-4-6-8-11;/h5,7-8H,1,3-4,6H2,2H3;1H2. The van der Waals surface area contributed by atoms with Crippen molar-refractivity contribution in [2.24, 2.45) is 0 Å². The Hall–Kier alpha value is -1.08. The average molecular weight is 164 g/mol. The molecule has 0 spiro atoms. The third kappa shape index (κ3) is 2.51. The molecule has 1 heteroatoms. The van der Waals surface area contributed by atoms with Crippen molar-refractivity contribution in [3.63, 3.8) is 0 Å². The van der Waals surface area contributed by atoms with Crippen molar-refractivity contribution in [1.82, 2.24) is 0 Å². The molecule has 1 nitrogen and oxygen atoms in total. The second-order valence-electron chi connectivity index (χ2n) is 2.90. The van der Waals surface area contributed by atoms with Gasteiger partial charge in [-0.15, -0.1) is 0 Å². The summed E-state index contributed by atoms with van der Waals surface area (Å²) >= 11 is 0. The van der Waals surface area contributed by atoms with Crippen molar-refractivity contribution in [3.05, 3.63) is 48.1 Å². The van der Waals surface area contributed by atoms with Crippen LogP contribution in [0.3, 0.4) is 0 Å². The molecule has 0 bridgehead atoms. The molecule has 1 rings (SSSR count). The summed E-state index contributed by atoms with van der Waals surface area (Å²) in [5.74, 6) is 0. The fourth-order valence-corrected chi connectivity index (χ4v) is 1.08. The van der Waals surface area contributed by atoms with E-state index in [9.17, 15) is 0 Å². The van der Waals surface area contributed by atoms with Gasteiger partial charge in [0, 0.05) is 0 Å². The van der Waals surface area contributed by atoms with E-state index in [-0.39, 0.29) is 5.48 Å². The minimum Gasteiger partial charge on any atom is -0.412 e. The Morgan fingerprint density at radius 2 is 2.00 bits per heavy atom. The summed E-state index contributed by atoms with van der Waals surface area (Å²) in [6.07, 6.45) is 8.83. The summed E-state index contributed by atoms with van der Waals surface area (Å²) in [5, 5.41) is 0. The Kier molecular flexibility index (Phi) is 4.30. The van der Waals surface area contributed by atoms with Crippen molar-refractivity contribution < 1.29 is 5.48 Å². The van der Waals surface area contributed by atoms with Crippen LogP contribution in [0.15, 0.2) is 48.1 Å². The number of hydrogen-bond donors (Lipinski definition) is 0. The summed E-state index contributed by atoms with van der Waals surface area (Å²) in [6, 6.07) is 0. The maximum atomic E-state index is 3.96. The molecular weight excluding hydrogens is 148 g/mol. The Bertz CT molecular complexity index is 244. The van der Waals surface area contributed by atoms with E-state index in [1.54, 1.807) is 0 Å². The molecule has 0 amide bonds. The van der Waals surface area contributed by atoms with Crippen LogP contribution < -0.4 is 0 Å². The fourth-order valence-electron chi connectivity index (χ4n) is 1.08. The van der Waals surface area contributed by atoms with Crippen molar-refractivity contribution in [3.8, 4) is 0 Å². The van der Waals surface area contributed by atoms with E-state index in [1.807, 2.05) is 6.92 Å². The minimum atomic E-state index is 0. The summed E-state index contributed by atoms with van der Waals surface area (Å²) in [6.45, 7) is 9.81. The predicted octanol–water partition coefficient (Wildman–Crippen LogP) is 2.57. The lowest BCUT2D eigenvalue weighted by Crippen LogP contribution is -1.89. The monoisotopic (exact) mass is 164 g/mol. The molecule has 0 aromatic rings. The third-order valence-corrected chi connectivity index (χ3v) is 1.86. The Balaban J connectivity index is 0.00000121. The highest BCUT2D eigenvalue weighted by atomic mass is 16.0. The second-order valence-corrected chi connectivity index (χ2v) is 2.90. The number of rotatable bonds is 2. The number of allylic oxidation sites excluding steroid dienone is 6. The van der Waals surface area contributed by atoms with Crippen molar-refractivity contribution in [2.45, 2.75) is 19.8 Å². The van der Waals surface area contributed by atoms with Crippen LogP contribution in [0, 0.1) is 0 Å². The zero-order chi connectivity index (χ0) is 8.27. The van der Waals surface area contributed by atoms with Gasteiger partial charge in [0.1, 0.15) is 0 Å². The smallest absolute Gasteiger partial charge is 0.0231 e. The molecule has 1 aliphatic carbocycles. The second kappa shape index (κ2) is 4.73. The van der Waals surface area contributed by atoms with Crippen LogP contribution in [0.5, 0.6) is 0 Å². The van der Waals surface area contributed by atoms with Crippen molar-refractivity contribution in [2.75, 3.05) is 0 Å². The fraction of sp³-hybridized carbons (Fsp3) is 0.273. The van der Waals surface area contributed by atoms with Gasteiger partial charge in [0.15, 0.2) is 0 Å². The van der Waals surface area contributed by atoms with E-state index in [0.717, 1.165) is 24.0 Å². The predicted molar refractivity (Wildman–Crippen MR) is 54.0 cm³/mol. The normalized spacial score (nSPS) is 14.6. The van der Waals surface area contributed by atoms with Crippen molar-refractivity contribution in [1.29, 1.82) is 0 Å². The molecular formula is C11H16O. The van der Waals surface area contributed by atoms with Crippen LogP contribution in [-0.4, -0.2) is 5.48 Å². The van der Waals surface area contributed by atoms with E-state index < -0.39 is 0 Å². The van der Waals surface area contributed by atoms with Gasteiger partial charge in [-0.1, -0.05) is 37.0 Å². The van der Waals surface area contributed by atoms with Gasteiger partial charge in [-0.25, -0.2) is 0 Å². The lowest BCUT2D eigenvalue weighted by Gasteiger charge is -2.09. The SMILES string of the molecule is C=C(C)C(=C)C1=CCCC=C1.O. The Morgan fingerprint density at radius 1 is 1.33 bits per heavy atom. The Morgan fingerprint density at radius 3 is 2.42 bits per heavy atom. The maximum absolute atomic E-state index is 3.96. The first kappa shape index (κ1) is 10.9. The van der Waals surface area contributed by atoms with E-state index in [4.69, 9.17) is 0 Å². The molecule has 0 aromatic heterocycles. The van der Waals surface area contributed by atoms with Gasteiger partial charge in [0.2, 0.25) is 0 Å². The largest absolute Gasteiger partial charge is 0.412 e. The van der Waals surface area contributed by atoms with E-state index in [1.165, 1.54) is 5.57 Å². The van der Waals surface area contributed by atoms with Gasteiger partial charge in [-0.05, 0) is 30.9 Å². The highest BCUT2D eigenvalue weighted by molar-refractivity contribution is 5.49. The molecule has 0 radical (unpaired) electrons. The van der Waals surface area contributed by atoms with Crippen LogP contribution in [0.4, 0.5) is 0 Å². The van der Waals surface area contributed by atoms with E-state index >= 15 is 0 Å². The first-order valence-corrected chi connectivity index (χ1v) is 3.93. The zero-order valence-electron chi connectivity index (χ0n) is 7.56. The lowest BCUT2D eigenvalue weighted by atomic mass is 9.97. The molecule has 0 unspecified atom stereocenters. The lowest BCUT2D eigenvalue weighted by molar-refractivity contribution is 0.824. The minimum absolute atomic E-state index is 0. The molecule has 0 aromatic carbocycles. The molecule has 0 saturated carbocycles. The molecule has 0 fully saturated rings. The molecule has 0 heterocycles. The number of hydrogen-bond acceptors (Lipinski definition) is 0. The van der Waals surface area contributed by atoms with Gasteiger partial charge >= 0.3 is 0 Å². The zero-order valence-corrected chi connectivity index (χ0v) is 7.56. The van der Waals surface area contributed by atoms with Crippen LogP contribution in [0.25, 0.3) is 0 Å². The highest BCUT2D eigenvalue weighted by Crippen LogP contribution is 2.20. The van der Waals surface area contributed by atoms with Crippen LogP contribution >= 0.6 is 0 Å². The molecule has 0 saturated heterocycles. The van der Waals surface area contributed by atoms with Gasteiger partial charge in [-0.2, -0.15) is 0 Å². The molecule has 0 aliphatic heterocycles. The molecule has 2 N–H and O–H groups in total. The topological polar surface area (TPSA) is 31.5 Å². The summed E-state index contributed by atoms with van der Waals surface area (Å²) in [5.41, 5.74) is 3.37. The molecule has 12 heavy (non-hydrogen) atoms. The van der Waals surface area contributed by atoms with Gasteiger partial charge in [-0.3, -0.25) is 0 Å². The molecule has 0 atom stereocenters. The molecule has 1 aliphatic rings. The quantitative estimate of drug-likeness (QED) is 0.562. The highest BCUT2D eigenvalue weighted by Gasteiger charge is 2.01. The first-order valence-electron chi connectivity index (χ1n) is 3.93.